The SMILES string of the molecule is CNC(C)Cc1cc(C2CCCCO2)n[nH]1. The van der Waals surface area contributed by atoms with Gasteiger partial charge in [-0.3, -0.25) is 5.10 Å². The first-order valence-electron chi connectivity index (χ1n) is 6.12. The van der Waals surface area contributed by atoms with E-state index >= 15 is 0 Å². The Morgan fingerprint density at radius 3 is 3.19 bits per heavy atom. The summed E-state index contributed by atoms with van der Waals surface area (Å²) in [6, 6.07) is 2.62. The highest BCUT2D eigenvalue weighted by Gasteiger charge is 2.18. The van der Waals surface area contributed by atoms with E-state index in [9.17, 15) is 0 Å². The minimum atomic E-state index is 0.212. The summed E-state index contributed by atoms with van der Waals surface area (Å²) in [4.78, 5) is 0. The average molecular weight is 223 g/mol. The van der Waals surface area contributed by atoms with Gasteiger partial charge in [0, 0.05) is 24.8 Å². The fourth-order valence-corrected chi connectivity index (χ4v) is 2.05. The van der Waals surface area contributed by atoms with Crippen LogP contribution in [0.5, 0.6) is 0 Å². The molecule has 1 aliphatic heterocycles. The molecule has 0 bridgehead atoms. The van der Waals surface area contributed by atoms with Crippen LogP contribution in [-0.2, 0) is 11.2 Å². The van der Waals surface area contributed by atoms with Crippen LogP contribution < -0.4 is 5.32 Å². The lowest BCUT2D eigenvalue weighted by Gasteiger charge is -2.20. The first-order valence-corrected chi connectivity index (χ1v) is 6.12. The van der Waals surface area contributed by atoms with Crippen LogP contribution in [0.1, 0.15) is 43.7 Å². The van der Waals surface area contributed by atoms with Crippen molar-refractivity contribution in [2.75, 3.05) is 13.7 Å². The Bertz CT molecular complexity index is 318. The predicted octanol–water partition coefficient (Wildman–Crippen LogP) is 1.80. The fourth-order valence-electron chi connectivity index (χ4n) is 2.05. The standard InChI is InChI=1S/C12H21N3O/c1-9(13-2)7-10-8-11(15-14-10)12-5-3-4-6-16-12/h8-9,12-13H,3-7H2,1-2H3,(H,14,15). The summed E-state index contributed by atoms with van der Waals surface area (Å²) in [6.45, 7) is 3.04. The van der Waals surface area contributed by atoms with Gasteiger partial charge in [0.2, 0.25) is 0 Å². The second-order valence-corrected chi connectivity index (χ2v) is 4.57. The number of aromatic amines is 1. The molecule has 1 saturated heterocycles. The lowest BCUT2D eigenvalue weighted by molar-refractivity contribution is 0.0123. The topological polar surface area (TPSA) is 49.9 Å². The number of nitrogens with one attached hydrogen (secondary N) is 2. The minimum Gasteiger partial charge on any atom is -0.372 e. The van der Waals surface area contributed by atoms with Crippen molar-refractivity contribution < 1.29 is 4.74 Å². The molecule has 2 atom stereocenters. The smallest absolute Gasteiger partial charge is 0.101 e. The van der Waals surface area contributed by atoms with Crippen LogP contribution in [0, 0.1) is 0 Å². The quantitative estimate of drug-likeness (QED) is 0.818. The van der Waals surface area contributed by atoms with Crippen LogP contribution in [0.15, 0.2) is 6.07 Å². The monoisotopic (exact) mass is 223 g/mol. The van der Waals surface area contributed by atoms with E-state index in [4.69, 9.17) is 4.74 Å². The molecule has 1 fully saturated rings. The van der Waals surface area contributed by atoms with Gasteiger partial charge in [0.15, 0.2) is 0 Å². The van der Waals surface area contributed by atoms with Crippen molar-refractivity contribution in [3.05, 3.63) is 17.5 Å². The largest absolute Gasteiger partial charge is 0.372 e. The molecule has 0 aromatic carbocycles. The summed E-state index contributed by atoms with van der Waals surface area (Å²) < 4.78 is 5.71. The van der Waals surface area contributed by atoms with Crippen molar-refractivity contribution in [3.63, 3.8) is 0 Å². The Morgan fingerprint density at radius 2 is 2.50 bits per heavy atom. The van der Waals surface area contributed by atoms with Gasteiger partial charge in [0.05, 0.1) is 5.69 Å². The van der Waals surface area contributed by atoms with Crippen LogP contribution in [-0.4, -0.2) is 29.9 Å². The third-order valence-corrected chi connectivity index (χ3v) is 3.18. The zero-order chi connectivity index (χ0) is 11.4. The number of nitrogens with zero attached hydrogens (tertiary/aromatic N) is 1. The zero-order valence-electron chi connectivity index (χ0n) is 10.1. The van der Waals surface area contributed by atoms with E-state index in [0.717, 1.165) is 25.1 Å². The van der Waals surface area contributed by atoms with Crippen LogP contribution in [0.4, 0.5) is 0 Å². The van der Waals surface area contributed by atoms with Crippen molar-refractivity contribution in [1.29, 1.82) is 0 Å². The molecule has 90 valence electrons. The van der Waals surface area contributed by atoms with E-state index < -0.39 is 0 Å². The van der Waals surface area contributed by atoms with Crippen molar-refractivity contribution in [2.45, 2.75) is 44.8 Å². The molecule has 0 amide bonds. The van der Waals surface area contributed by atoms with Gasteiger partial charge in [0.1, 0.15) is 6.10 Å². The highest BCUT2D eigenvalue weighted by atomic mass is 16.5. The molecule has 0 radical (unpaired) electrons. The molecule has 2 heterocycles. The maximum atomic E-state index is 5.71. The number of aromatic nitrogens is 2. The second kappa shape index (κ2) is 5.46. The average Bonchev–Trinajstić information content (AvgIpc) is 2.78. The molecular weight excluding hydrogens is 202 g/mol. The Hall–Kier alpha value is -0.870. The molecule has 2 N–H and O–H groups in total. The normalized spacial score (nSPS) is 23.2. The van der Waals surface area contributed by atoms with Crippen LogP contribution in [0.3, 0.4) is 0 Å². The summed E-state index contributed by atoms with van der Waals surface area (Å²) in [5.41, 5.74) is 2.25. The molecule has 4 nitrogen and oxygen atoms in total. The highest BCUT2D eigenvalue weighted by molar-refractivity contribution is 5.12. The lowest BCUT2D eigenvalue weighted by Crippen LogP contribution is -2.23. The Kier molecular flexibility index (Phi) is 3.96. The molecule has 0 aliphatic carbocycles. The van der Waals surface area contributed by atoms with E-state index in [-0.39, 0.29) is 6.10 Å². The van der Waals surface area contributed by atoms with E-state index in [1.54, 1.807) is 0 Å². The highest BCUT2D eigenvalue weighted by Crippen LogP contribution is 2.26. The van der Waals surface area contributed by atoms with Gasteiger partial charge in [-0.2, -0.15) is 5.10 Å². The molecule has 2 unspecified atom stereocenters. The number of hydrogen-bond acceptors (Lipinski definition) is 3. The first kappa shape index (κ1) is 11.6. The third-order valence-electron chi connectivity index (χ3n) is 3.18. The van der Waals surface area contributed by atoms with Gasteiger partial charge < -0.3 is 10.1 Å². The molecular formula is C12H21N3O. The van der Waals surface area contributed by atoms with E-state index in [1.165, 1.54) is 18.5 Å². The number of hydrogen-bond donors (Lipinski definition) is 2. The molecule has 1 aliphatic rings. The summed E-state index contributed by atoms with van der Waals surface area (Å²) in [6.07, 6.45) is 4.73. The lowest BCUT2D eigenvalue weighted by atomic mass is 10.1. The molecule has 1 aromatic heterocycles. The fraction of sp³-hybridized carbons (Fsp3) is 0.750. The van der Waals surface area contributed by atoms with Crippen LogP contribution >= 0.6 is 0 Å². The van der Waals surface area contributed by atoms with Crippen molar-refractivity contribution in [2.24, 2.45) is 0 Å². The molecule has 0 spiro atoms. The number of ether oxygens (including phenoxy) is 1. The van der Waals surface area contributed by atoms with Crippen molar-refractivity contribution in [1.82, 2.24) is 15.5 Å². The van der Waals surface area contributed by atoms with E-state index in [2.05, 4.69) is 28.5 Å². The first-order chi connectivity index (χ1) is 7.79. The Balaban J connectivity index is 1.95. The second-order valence-electron chi connectivity index (χ2n) is 4.57. The summed E-state index contributed by atoms with van der Waals surface area (Å²) >= 11 is 0. The Morgan fingerprint density at radius 1 is 1.62 bits per heavy atom. The summed E-state index contributed by atoms with van der Waals surface area (Å²) in [5.74, 6) is 0. The maximum absolute atomic E-state index is 5.71. The van der Waals surface area contributed by atoms with Gasteiger partial charge in [-0.1, -0.05) is 0 Å². The Labute approximate surface area is 96.8 Å². The molecule has 1 aromatic rings. The van der Waals surface area contributed by atoms with Crippen LogP contribution in [0.25, 0.3) is 0 Å². The van der Waals surface area contributed by atoms with Gasteiger partial charge in [-0.05, 0) is 39.3 Å². The number of rotatable bonds is 4. The summed E-state index contributed by atoms with van der Waals surface area (Å²) in [7, 11) is 1.98. The van der Waals surface area contributed by atoms with Crippen molar-refractivity contribution in [3.8, 4) is 0 Å². The molecule has 0 saturated carbocycles. The van der Waals surface area contributed by atoms with Gasteiger partial charge >= 0.3 is 0 Å². The minimum absolute atomic E-state index is 0.212. The van der Waals surface area contributed by atoms with Crippen LogP contribution in [0.2, 0.25) is 0 Å². The zero-order valence-corrected chi connectivity index (χ0v) is 10.1. The number of likely N-dealkylation sites (N-methyl/N-ethyl adjacent to an activating group) is 1. The maximum Gasteiger partial charge on any atom is 0.101 e. The van der Waals surface area contributed by atoms with E-state index in [0.29, 0.717) is 6.04 Å². The summed E-state index contributed by atoms with van der Waals surface area (Å²) in [5, 5.41) is 10.7. The van der Waals surface area contributed by atoms with Gasteiger partial charge in [0.25, 0.3) is 0 Å². The molecule has 16 heavy (non-hydrogen) atoms. The van der Waals surface area contributed by atoms with Gasteiger partial charge in [-0.15, -0.1) is 0 Å². The van der Waals surface area contributed by atoms with Crippen molar-refractivity contribution >= 4 is 0 Å². The van der Waals surface area contributed by atoms with Gasteiger partial charge in [-0.25, -0.2) is 0 Å². The number of H-pyrrole nitrogens is 1. The van der Waals surface area contributed by atoms with E-state index in [1.807, 2.05) is 7.05 Å². The molecule has 2 rings (SSSR count). The predicted molar refractivity (Wildman–Crippen MR) is 63.4 cm³/mol. The third kappa shape index (κ3) is 2.83. The molecule has 4 heteroatoms.